The Morgan fingerprint density at radius 3 is 2.15 bits per heavy atom. The van der Waals surface area contributed by atoms with Gasteiger partial charge in [0.25, 0.3) is 5.91 Å². The summed E-state index contributed by atoms with van der Waals surface area (Å²) < 4.78 is 15.8. The SMILES string of the molecule is COc1cccc(C[NH+]2CCN(C(=O)c3cc(OC)cc(OC)c3)CC2)c1. The zero-order valence-corrected chi connectivity index (χ0v) is 16.2. The van der Waals surface area contributed by atoms with Gasteiger partial charge in [0.2, 0.25) is 0 Å². The van der Waals surface area contributed by atoms with Gasteiger partial charge in [0.15, 0.2) is 0 Å². The zero-order chi connectivity index (χ0) is 19.2. The first-order valence-corrected chi connectivity index (χ1v) is 9.11. The maximum atomic E-state index is 12.9. The number of methoxy groups -OCH3 is 3. The van der Waals surface area contributed by atoms with E-state index in [4.69, 9.17) is 14.2 Å². The van der Waals surface area contributed by atoms with Crippen molar-refractivity contribution in [2.24, 2.45) is 0 Å². The van der Waals surface area contributed by atoms with E-state index in [1.807, 2.05) is 17.0 Å². The summed E-state index contributed by atoms with van der Waals surface area (Å²) >= 11 is 0. The van der Waals surface area contributed by atoms with Crippen molar-refractivity contribution in [3.63, 3.8) is 0 Å². The number of hydrogen-bond donors (Lipinski definition) is 1. The molecule has 3 rings (SSSR count). The Bertz CT molecular complexity index is 763. The molecule has 0 bridgehead atoms. The van der Waals surface area contributed by atoms with Crippen molar-refractivity contribution in [3.05, 3.63) is 53.6 Å². The zero-order valence-electron chi connectivity index (χ0n) is 16.2. The Labute approximate surface area is 160 Å². The van der Waals surface area contributed by atoms with Crippen LogP contribution in [0.2, 0.25) is 0 Å². The van der Waals surface area contributed by atoms with Gasteiger partial charge in [0.1, 0.15) is 23.8 Å². The van der Waals surface area contributed by atoms with E-state index in [0.717, 1.165) is 38.5 Å². The highest BCUT2D eigenvalue weighted by Gasteiger charge is 2.25. The highest BCUT2D eigenvalue weighted by molar-refractivity contribution is 5.95. The maximum Gasteiger partial charge on any atom is 0.254 e. The van der Waals surface area contributed by atoms with Crippen LogP contribution in [0.1, 0.15) is 15.9 Å². The van der Waals surface area contributed by atoms with Gasteiger partial charge in [-0.3, -0.25) is 4.79 Å². The van der Waals surface area contributed by atoms with Crippen LogP contribution in [-0.4, -0.2) is 58.3 Å². The van der Waals surface area contributed by atoms with Crippen molar-refractivity contribution in [3.8, 4) is 17.2 Å². The molecule has 1 heterocycles. The molecule has 6 heteroatoms. The van der Waals surface area contributed by atoms with Crippen LogP contribution in [0.25, 0.3) is 0 Å². The molecule has 1 fully saturated rings. The molecule has 1 aliphatic rings. The number of nitrogens with one attached hydrogen (secondary N) is 1. The molecule has 0 radical (unpaired) electrons. The lowest BCUT2D eigenvalue weighted by Gasteiger charge is -2.32. The number of nitrogens with zero attached hydrogens (tertiary/aromatic N) is 1. The van der Waals surface area contributed by atoms with E-state index in [0.29, 0.717) is 17.1 Å². The number of piperazine rings is 1. The van der Waals surface area contributed by atoms with Crippen molar-refractivity contribution in [1.82, 2.24) is 4.90 Å². The van der Waals surface area contributed by atoms with Crippen molar-refractivity contribution in [2.75, 3.05) is 47.5 Å². The van der Waals surface area contributed by atoms with Crippen LogP contribution in [-0.2, 0) is 6.54 Å². The number of carbonyl (C=O) groups is 1. The fraction of sp³-hybridized carbons (Fsp3) is 0.381. The summed E-state index contributed by atoms with van der Waals surface area (Å²) in [6.07, 6.45) is 0. The summed E-state index contributed by atoms with van der Waals surface area (Å²) in [7, 11) is 4.86. The van der Waals surface area contributed by atoms with Gasteiger partial charge in [0, 0.05) is 17.2 Å². The van der Waals surface area contributed by atoms with E-state index in [-0.39, 0.29) is 5.91 Å². The van der Waals surface area contributed by atoms with Crippen molar-refractivity contribution in [2.45, 2.75) is 6.54 Å². The van der Waals surface area contributed by atoms with Gasteiger partial charge in [-0.05, 0) is 24.3 Å². The standard InChI is InChI=1S/C21H26N2O4/c1-25-18-6-4-5-16(11-18)15-22-7-9-23(10-8-22)21(24)17-12-19(26-2)14-20(13-17)27-3/h4-6,11-14H,7-10,15H2,1-3H3/p+1. The molecule has 0 saturated carbocycles. The van der Waals surface area contributed by atoms with Gasteiger partial charge in [-0.25, -0.2) is 0 Å². The van der Waals surface area contributed by atoms with E-state index in [9.17, 15) is 4.79 Å². The Balaban J connectivity index is 1.61. The lowest BCUT2D eigenvalue weighted by atomic mass is 10.1. The molecule has 144 valence electrons. The molecule has 1 amide bonds. The fourth-order valence-corrected chi connectivity index (χ4v) is 3.39. The Morgan fingerprint density at radius 1 is 0.926 bits per heavy atom. The molecule has 2 aromatic carbocycles. The van der Waals surface area contributed by atoms with Gasteiger partial charge >= 0.3 is 0 Å². The Morgan fingerprint density at radius 2 is 1.56 bits per heavy atom. The smallest absolute Gasteiger partial charge is 0.254 e. The molecule has 0 atom stereocenters. The second-order valence-corrected chi connectivity index (χ2v) is 6.67. The van der Waals surface area contributed by atoms with E-state index in [1.54, 1.807) is 39.5 Å². The summed E-state index contributed by atoms with van der Waals surface area (Å²) in [5.41, 5.74) is 1.85. The van der Waals surface area contributed by atoms with Crippen molar-refractivity contribution < 1.29 is 23.9 Å². The highest BCUT2D eigenvalue weighted by Crippen LogP contribution is 2.23. The molecule has 0 aliphatic carbocycles. The highest BCUT2D eigenvalue weighted by atomic mass is 16.5. The largest absolute Gasteiger partial charge is 0.497 e. The average Bonchev–Trinajstić information content (AvgIpc) is 2.73. The predicted molar refractivity (Wildman–Crippen MR) is 103 cm³/mol. The molecule has 0 unspecified atom stereocenters. The van der Waals surface area contributed by atoms with Crippen LogP contribution in [0, 0.1) is 0 Å². The van der Waals surface area contributed by atoms with Crippen molar-refractivity contribution in [1.29, 1.82) is 0 Å². The molecule has 1 N–H and O–H groups in total. The van der Waals surface area contributed by atoms with Gasteiger partial charge in [-0.15, -0.1) is 0 Å². The second-order valence-electron chi connectivity index (χ2n) is 6.67. The topological polar surface area (TPSA) is 52.4 Å². The number of amides is 1. The van der Waals surface area contributed by atoms with E-state index in [1.165, 1.54) is 10.5 Å². The Kier molecular flexibility index (Phi) is 6.19. The Hall–Kier alpha value is -2.73. The fourth-order valence-electron chi connectivity index (χ4n) is 3.39. The number of quaternary nitrogens is 1. The van der Waals surface area contributed by atoms with Crippen molar-refractivity contribution >= 4 is 5.91 Å². The summed E-state index contributed by atoms with van der Waals surface area (Å²) in [5, 5.41) is 0. The third-order valence-corrected chi connectivity index (χ3v) is 4.94. The monoisotopic (exact) mass is 371 g/mol. The van der Waals surface area contributed by atoms with Gasteiger partial charge in [-0.1, -0.05) is 12.1 Å². The summed E-state index contributed by atoms with van der Waals surface area (Å²) in [6, 6.07) is 13.5. The maximum absolute atomic E-state index is 12.9. The van der Waals surface area contributed by atoms with Crippen LogP contribution in [0.15, 0.2) is 42.5 Å². The summed E-state index contributed by atoms with van der Waals surface area (Å²) in [5.74, 6) is 2.15. The third kappa shape index (κ3) is 4.71. The molecule has 2 aromatic rings. The van der Waals surface area contributed by atoms with Gasteiger partial charge in [0.05, 0.1) is 47.5 Å². The van der Waals surface area contributed by atoms with E-state index >= 15 is 0 Å². The lowest BCUT2D eigenvalue weighted by molar-refractivity contribution is -0.917. The lowest BCUT2D eigenvalue weighted by Crippen LogP contribution is -3.13. The predicted octanol–water partition coefficient (Wildman–Crippen LogP) is 1.25. The summed E-state index contributed by atoms with van der Waals surface area (Å²) in [4.78, 5) is 16.2. The quantitative estimate of drug-likeness (QED) is 0.831. The van der Waals surface area contributed by atoms with Crippen LogP contribution in [0.5, 0.6) is 17.2 Å². The number of benzene rings is 2. The molecule has 1 aliphatic heterocycles. The van der Waals surface area contributed by atoms with Crippen LogP contribution in [0.4, 0.5) is 0 Å². The summed E-state index contributed by atoms with van der Waals surface area (Å²) in [6.45, 7) is 4.25. The van der Waals surface area contributed by atoms with E-state index in [2.05, 4.69) is 12.1 Å². The minimum absolute atomic E-state index is 0.0210. The van der Waals surface area contributed by atoms with Gasteiger partial charge in [-0.2, -0.15) is 0 Å². The molecule has 0 spiro atoms. The molecule has 0 aromatic heterocycles. The van der Waals surface area contributed by atoms with Gasteiger partial charge < -0.3 is 24.0 Å². The minimum atomic E-state index is 0.0210. The first-order chi connectivity index (χ1) is 13.1. The average molecular weight is 371 g/mol. The van der Waals surface area contributed by atoms with E-state index < -0.39 is 0 Å². The molecule has 6 nitrogen and oxygen atoms in total. The van der Waals surface area contributed by atoms with Crippen LogP contribution >= 0.6 is 0 Å². The molecule has 1 saturated heterocycles. The first kappa shape index (κ1) is 19.0. The normalized spacial score (nSPS) is 14.7. The van der Waals surface area contributed by atoms with Crippen LogP contribution < -0.4 is 19.1 Å². The van der Waals surface area contributed by atoms with Crippen LogP contribution in [0.3, 0.4) is 0 Å². The second kappa shape index (κ2) is 8.77. The first-order valence-electron chi connectivity index (χ1n) is 9.11. The number of carbonyl (C=O) groups excluding carboxylic acids is 1. The number of hydrogen-bond acceptors (Lipinski definition) is 4. The molecule has 27 heavy (non-hydrogen) atoms. The third-order valence-electron chi connectivity index (χ3n) is 4.94. The minimum Gasteiger partial charge on any atom is -0.497 e. The molecular formula is C21H27N2O4+. The number of rotatable bonds is 6. The number of ether oxygens (including phenoxy) is 3. The molecular weight excluding hydrogens is 344 g/mol.